The predicted molar refractivity (Wildman–Crippen MR) is 62.3 cm³/mol. The van der Waals surface area contributed by atoms with E-state index < -0.39 is 36.1 Å². The van der Waals surface area contributed by atoms with Gasteiger partial charge in [-0.15, -0.1) is 12.4 Å². The Labute approximate surface area is 110 Å². The normalized spacial score (nSPS) is 24.9. The highest BCUT2D eigenvalue weighted by molar-refractivity contribution is 5.85. The molecule has 1 aliphatic rings. The molecule has 3 N–H and O–H groups in total. The van der Waals surface area contributed by atoms with Gasteiger partial charge < -0.3 is 15.7 Å². The van der Waals surface area contributed by atoms with E-state index in [1.54, 1.807) is 13.8 Å². The first-order valence-corrected chi connectivity index (χ1v) is 5.32. The van der Waals surface area contributed by atoms with Gasteiger partial charge >= 0.3 is 6.18 Å². The van der Waals surface area contributed by atoms with Crippen molar-refractivity contribution in [1.29, 1.82) is 0 Å². The van der Waals surface area contributed by atoms with Crippen LogP contribution in [0.1, 0.15) is 20.3 Å². The molecule has 1 saturated heterocycles. The van der Waals surface area contributed by atoms with Crippen LogP contribution >= 0.6 is 12.4 Å². The summed E-state index contributed by atoms with van der Waals surface area (Å²) in [6, 6.07) is 0. The SMILES string of the molecule is CC(C)(CN)C(=O)N1CCC(O)(C(F)(F)F)C1.Cl. The lowest BCUT2D eigenvalue weighted by atomic mass is 9.92. The summed E-state index contributed by atoms with van der Waals surface area (Å²) in [6.07, 6.45) is -5.20. The molecule has 1 heterocycles. The van der Waals surface area contributed by atoms with E-state index in [9.17, 15) is 23.1 Å². The third-order valence-electron chi connectivity index (χ3n) is 3.15. The Morgan fingerprint density at radius 3 is 2.28 bits per heavy atom. The van der Waals surface area contributed by atoms with Crippen LogP contribution in [-0.2, 0) is 4.79 Å². The molecule has 1 fully saturated rings. The van der Waals surface area contributed by atoms with Crippen molar-refractivity contribution in [3.8, 4) is 0 Å². The minimum atomic E-state index is -4.71. The summed E-state index contributed by atoms with van der Waals surface area (Å²) in [7, 11) is 0. The number of rotatable bonds is 2. The number of nitrogens with zero attached hydrogens (tertiary/aromatic N) is 1. The minimum Gasteiger partial charge on any atom is -0.379 e. The first-order valence-electron chi connectivity index (χ1n) is 5.32. The number of hydrogen-bond acceptors (Lipinski definition) is 3. The second-order valence-corrected chi connectivity index (χ2v) is 5.09. The number of aliphatic hydroxyl groups is 1. The zero-order chi connectivity index (χ0) is 13.5. The fraction of sp³-hybridized carbons (Fsp3) is 0.900. The van der Waals surface area contributed by atoms with E-state index in [0.717, 1.165) is 4.90 Å². The number of β-amino-alcohol motifs (C(OH)–C–C–N with tert-alkyl or cyclic N) is 1. The summed E-state index contributed by atoms with van der Waals surface area (Å²) in [5, 5.41) is 9.44. The van der Waals surface area contributed by atoms with Crippen molar-refractivity contribution >= 4 is 18.3 Å². The third kappa shape index (κ3) is 3.07. The molecule has 0 saturated carbocycles. The topological polar surface area (TPSA) is 66.6 Å². The summed E-state index contributed by atoms with van der Waals surface area (Å²) in [5.74, 6) is -0.458. The smallest absolute Gasteiger partial charge is 0.379 e. The van der Waals surface area contributed by atoms with Crippen LogP contribution in [0.4, 0.5) is 13.2 Å². The fourth-order valence-electron chi connectivity index (χ4n) is 1.71. The van der Waals surface area contributed by atoms with Gasteiger partial charge in [-0.25, -0.2) is 0 Å². The van der Waals surface area contributed by atoms with Crippen molar-refractivity contribution in [2.24, 2.45) is 11.1 Å². The maximum atomic E-state index is 12.5. The number of carbonyl (C=O) groups is 1. The standard InChI is InChI=1S/C10H17F3N2O2.ClH/c1-8(2,5-14)7(16)15-4-3-9(17,6-15)10(11,12)13;/h17H,3-6,14H2,1-2H3;1H. The molecule has 1 atom stereocenters. The van der Waals surface area contributed by atoms with Crippen molar-refractivity contribution < 1.29 is 23.1 Å². The zero-order valence-corrected chi connectivity index (χ0v) is 11.1. The lowest BCUT2D eigenvalue weighted by Crippen LogP contribution is -2.50. The molecule has 1 aliphatic heterocycles. The summed E-state index contributed by atoms with van der Waals surface area (Å²) >= 11 is 0. The van der Waals surface area contributed by atoms with E-state index in [1.165, 1.54) is 0 Å². The third-order valence-corrected chi connectivity index (χ3v) is 3.15. The first-order chi connectivity index (χ1) is 7.53. The second-order valence-electron chi connectivity index (χ2n) is 5.09. The highest BCUT2D eigenvalue weighted by Crippen LogP contribution is 2.38. The number of amides is 1. The molecule has 108 valence electrons. The van der Waals surface area contributed by atoms with Crippen LogP contribution in [0.2, 0.25) is 0 Å². The van der Waals surface area contributed by atoms with Crippen LogP contribution < -0.4 is 5.73 Å². The number of halogens is 4. The Bertz CT molecular complexity index is 323. The molecule has 0 aromatic carbocycles. The Hall–Kier alpha value is -0.530. The highest BCUT2D eigenvalue weighted by Gasteiger charge is 2.58. The van der Waals surface area contributed by atoms with Crippen LogP contribution in [0.3, 0.4) is 0 Å². The van der Waals surface area contributed by atoms with E-state index >= 15 is 0 Å². The van der Waals surface area contributed by atoms with Crippen molar-refractivity contribution in [3.05, 3.63) is 0 Å². The van der Waals surface area contributed by atoms with Crippen LogP contribution in [0.15, 0.2) is 0 Å². The molecule has 0 aromatic rings. The highest BCUT2D eigenvalue weighted by atomic mass is 35.5. The monoisotopic (exact) mass is 290 g/mol. The molecule has 0 radical (unpaired) electrons. The average Bonchev–Trinajstić information content (AvgIpc) is 2.60. The largest absolute Gasteiger partial charge is 0.419 e. The van der Waals surface area contributed by atoms with Gasteiger partial charge in [0, 0.05) is 19.5 Å². The molecular weight excluding hydrogens is 273 g/mol. The molecule has 1 rings (SSSR count). The van der Waals surface area contributed by atoms with Gasteiger partial charge in [0.25, 0.3) is 0 Å². The molecule has 1 unspecified atom stereocenters. The number of nitrogens with two attached hydrogens (primary N) is 1. The van der Waals surface area contributed by atoms with Crippen molar-refractivity contribution in [2.45, 2.75) is 32.0 Å². The summed E-state index contributed by atoms with van der Waals surface area (Å²) in [5.41, 5.74) is 1.71. The molecule has 4 nitrogen and oxygen atoms in total. The van der Waals surface area contributed by atoms with Crippen LogP contribution in [0.5, 0.6) is 0 Å². The van der Waals surface area contributed by atoms with E-state index in [0.29, 0.717) is 0 Å². The molecule has 0 aliphatic carbocycles. The maximum Gasteiger partial charge on any atom is 0.419 e. The molecule has 0 bridgehead atoms. The molecular formula is C10H18ClF3N2O2. The van der Waals surface area contributed by atoms with Crippen molar-refractivity contribution in [1.82, 2.24) is 4.90 Å². The molecule has 18 heavy (non-hydrogen) atoms. The van der Waals surface area contributed by atoms with Crippen molar-refractivity contribution in [2.75, 3.05) is 19.6 Å². The van der Waals surface area contributed by atoms with E-state index in [1.807, 2.05) is 0 Å². The summed E-state index contributed by atoms with van der Waals surface area (Å²) < 4.78 is 37.6. The summed E-state index contributed by atoms with van der Waals surface area (Å²) in [6.45, 7) is 2.38. The van der Waals surface area contributed by atoms with Crippen molar-refractivity contribution in [3.63, 3.8) is 0 Å². The van der Waals surface area contributed by atoms with Gasteiger partial charge in [0.05, 0.1) is 12.0 Å². The number of likely N-dealkylation sites (tertiary alicyclic amines) is 1. The Balaban J connectivity index is 0.00000289. The van der Waals surface area contributed by atoms with E-state index in [4.69, 9.17) is 5.73 Å². The number of carbonyl (C=O) groups excluding carboxylic acids is 1. The van der Waals surface area contributed by atoms with E-state index in [-0.39, 0.29) is 25.5 Å². The second kappa shape index (κ2) is 5.22. The predicted octanol–water partition coefficient (Wildman–Crippen LogP) is 0.919. The Kier molecular flexibility index (Phi) is 5.07. The molecule has 0 aromatic heterocycles. The average molecular weight is 291 g/mol. The van der Waals surface area contributed by atoms with Crippen LogP contribution in [0.25, 0.3) is 0 Å². The maximum absolute atomic E-state index is 12.5. The van der Waals surface area contributed by atoms with Gasteiger partial charge in [-0.3, -0.25) is 4.79 Å². The van der Waals surface area contributed by atoms with Gasteiger partial charge in [0.1, 0.15) is 0 Å². The molecule has 0 spiro atoms. The van der Waals surface area contributed by atoms with Gasteiger partial charge in [-0.2, -0.15) is 13.2 Å². The molecule has 8 heteroatoms. The lowest BCUT2D eigenvalue weighted by Gasteiger charge is -2.30. The minimum absolute atomic E-state index is 0. The van der Waals surface area contributed by atoms with Gasteiger partial charge in [0.2, 0.25) is 5.91 Å². The molecule has 1 amide bonds. The fourth-order valence-corrected chi connectivity index (χ4v) is 1.71. The Morgan fingerprint density at radius 1 is 1.44 bits per heavy atom. The summed E-state index contributed by atoms with van der Waals surface area (Å²) in [4.78, 5) is 12.9. The van der Waals surface area contributed by atoms with Gasteiger partial charge in [0.15, 0.2) is 5.60 Å². The van der Waals surface area contributed by atoms with E-state index in [2.05, 4.69) is 0 Å². The van der Waals surface area contributed by atoms with Crippen LogP contribution in [-0.4, -0.2) is 47.3 Å². The van der Waals surface area contributed by atoms with Gasteiger partial charge in [-0.1, -0.05) is 0 Å². The first kappa shape index (κ1) is 17.5. The van der Waals surface area contributed by atoms with Crippen LogP contribution in [0, 0.1) is 5.41 Å². The lowest BCUT2D eigenvalue weighted by molar-refractivity contribution is -0.253. The number of hydrogen-bond donors (Lipinski definition) is 2. The number of alkyl halides is 3. The quantitative estimate of drug-likeness (QED) is 0.795. The van der Waals surface area contributed by atoms with Gasteiger partial charge in [-0.05, 0) is 13.8 Å². The zero-order valence-electron chi connectivity index (χ0n) is 10.3. The Morgan fingerprint density at radius 2 is 1.94 bits per heavy atom.